The Labute approximate surface area is 101 Å². The topological polar surface area (TPSA) is 60.8 Å². The zero-order valence-corrected chi connectivity index (χ0v) is 9.88. The predicted octanol–water partition coefficient (Wildman–Crippen LogP) is 1.74. The van der Waals surface area contributed by atoms with Crippen LogP contribution in [0.15, 0.2) is 30.3 Å². The number of aliphatic hydroxyl groups excluding tert-OH is 1. The molecule has 0 aliphatic rings. The van der Waals surface area contributed by atoms with Gasteiger partial charge in [0.2, 0.25) is 0 Å². The van der Waals surface area contributed by atoms with Crippen molar-refractivity contribution in [3.63, 3.8) is 0 Å². The van der Waals surface area contributed by atoms with Gasteiger partial charge in [0.15, 0.2) is 0 Å². The van der Waals surface area contributed by atoms with Crippen molar-refractivity contribution < 1.29 is 15.0 Å². The molecule has 0 unspecified atom stereocenters. The lowest BCUT2D eigenvalue weighted by Crippen LogP contribution is -2.27. The Morgan fingerprint density at radius 1 is 1.12 bits per heavy atom. The van der Waals surface area contributed by atoms with Gasteiger partial charge in [0.25, 0.3) is 0 Å². The van der Waals surface area contributed by atoms with Crippen LogP contribution in [0.25, 0.3) is 0 Å². The van der Waals surface area contributed by atoms with Crippen molar-refractivity contribution in [1.29, 1.82) is 0 Å². The third kappa shape index (κ3) is 5.36. The first-order chi connectivity index (χ1) is 8.24. The first-order valence-electron chi connectivity index (χ1n) is 5.86. The van der Waals surface area contributed by atoms with Crippen molar-refractivity contribution in [1.82, 2.24) is 0 Å². The Hall–Kier alpha value is -1.55. The highest BCUT2D eigenvalue weighted by Gasteiger charge is 2.05. The minimum atomic E-state index is -0.751. The van der Waals surface area contributed by atoms with E-state index in [0.29, 0.717) is 13.0 Å². The molecule has 1 aromatic carbocycles. The molecule has 0 amide bonds. The normalized spacial score (nSPS) is 10.2. The van der Waals surface area contributed by atoms with Gasteiger partial charge >= 0.3 is 5.97 Å². The monoisotopic (exact) mass is 237 g/mol. The zero-order chi connectivity index (χ0) is 12.5. The Balaban J connectivity index is 2.41. The summed E-state index contributed by atoms with van der Waals surface area (Å²) in [6.07, 6.45) is 1.70. The number of hydrogen-bond donors (Lipinski definition) is 2. The molecule has 0 spiro atoms. The minimum Gasteiger partial charge on any atom is -0.481 e. The van der Waals surface area contributed by atoms with E-state index >= 15 is 0 Å². The molecule has 0 aliphatic carbocycles. The van der Waals surface area contributed by atoms with Crippen LogP contribution in [0.5, 0.6) is 0 Å². The molecule has 0 saturated heterocycles. The van der Waals surface area contributed by atoms with E-state index in [-0.39, 0.29) is 13.0 Å². The SMILES string of the molecule is O=C(O)CCCCN(CCO)c1ccccc1. The quantitative estimate of drug-likeness (QED) is 0.676. The van der Waals surface area contributed by atoms with Crippen LogP contribution in [0, 0.1) is 0 Å². The first kappa shape index (κ1) is 13.5. The van der Waals surface area contributed by atoms with Crippen LogP contribution in [-0.4, -0.2) is 35.9 Å². The summed E-state index contributed by atoms with van der Waals surface area (Å²) in [6, 6.07) is 9.85. The van der Waals surface area contributed by atoms with Gasteiger partial charge in [0, 0.05) is 25.2 Å². The van der Waals surface area contributed by atoms with Crippen LogP contribution in [0.3, 0.4) is 0 Å². The number of carboxylic acids is 1. The van der Waals surface area contributed by atoms with Crippen molar-refractivity contribution in [2.45, 2.75) is 19.3 Å². The summed E-state index contributed by atoms with van der Waals surface area (Å²) in [7, 11) is 0. The molecule has 0 aliphatic heterocycles. The summed E-state index contributed by atoms with van der Waals surface area (Å²) < 4.78 is 0. The average molecular weight is 237 g/mol. The largest absolute Gasteiger partial charge is 0.481 e. The summed E-state index contributed by atoms with van der Waals surface area (Å²) in [5.74, 6) is -0.751. The van der Waals surface area contributed by atoms with E-state index in [4.69, 9.17) is 10.2 Å². The third-order valence-corrected chi connectivity index (χ3v) is 2.56. The average Bonchev–Trinajstić information content (AvgIpc) is 2.34. The molecule has 0 heterocycles. The van der Waals surface area contributed by atoms with E-state index in [1.807, 2.05) is 30.3 Å². The Kier molecular flexibility index (Phi) is 6.10. The van der Waals surface area contributed by atoms with Gasteiger partial charge in [-0.3, -0.25) is 4.79 Å². The lowest BCUT2D eigenvalue weighted by atomic mass is 10.2. The smallest absolute Gasteiger partial charge is 0.303 e. The van der Waals surface area contributed by atoms with Crippen LogP contribution < -0.4 is 4.90 Å². The fourth-order valence-corrected chi connectivity index (χ4v) is 1.71. The Morgan fingerprint density at radius 2 is 1.82 bits per heavy atom. The number of hydrogen-bond acceptors (Lipinski definition) is 3. The number of benzene rings is 1. The fourth-order valence-electron chi connectivity index (χ4n) is 1.71. The van der Waals surface area contributed by atoms with Gasteiger partial charge in [-0.05, 0) is 25.0 Å². The Morgan fingerprint density at radius 3 is 2.41 bits per heavy atom. The van der Waals surface area contributed by atoms with Gasteiger partial charge < -0.3 is 15.1 Å². The molecule has 94 valence electrons. The molecule has 2 N–H and O–H groups in total. The number of carbonyl (C=O) groups is 1. The number of para-hydroxylation sites is 1. The van der Waals surface area contributed by atoms with Gasteiger partial charge in [-0.2, -0.15) is 0 Å². The maximum absolute atomic E-state index is 10.4. The van der Waals surface area contributed by atoms with Crippen LogP contribution in [-0.2, 0) is 4.79 Å². The highest BCUT2D eigenvalue weighted by Crippen LogP contribution is 2.13. The van der Waals surface area contributed by atoms with Crippen molar-refractivity contribution in [3.8, 4) is 0 Å². The lowest BCUT2D eigenvalue weighted by Gasteiger charge is -2.23. The van der Waals surface area contributed by atoms with Crippen LogP contribution >= 0.6 is 0 Å². The highest BCUT2D eigenvalue weighted by atomic mass is 16.4. The molecule has 0 saturated carbocycles. The van der Waals surface area contributed by atoms with Gasteiger partial charge in [0.05, 0.1) is 6.61 Å². The standard InChI is InChI=1S/C13H19NO3/c15-11-10-14(9-5-4-8-13(16)17)12-6-2-1-3-7-12/h1-3,6-7,15H,4-5,8-11H2,(H,16,17). The molecule has 4 heteroatoms. The Bertz CT molecular complexity index is 327. The molecule has 17 heavy (non-hydrogen) atoms. The number of rotatable bonds is 8. The zero-order valence-electron chi connectivity index (χ0n) is 9.88. The van der Waals surface area contributed by atoms with E-state index < -0.39 is 5.97 Å². The second-order valence-electron chi connectivity index (χ2n) is 3.90. The molecule has 1 aromatic rings. The maximum Gasteiger partial charge on any atom is 0.303 e. The summed E-state index contributed by atoms with van der Waals surface area (Å²) >= 11 is 0. The number of anilines is 1. The molecule has 0 radical (unpaired) electrons. The van der Waals surface area contributed by atoms with Gasteiger partial charge in [-0.15, -0.1) is 0 Å². The van der Waals surface area contributed by atoms with Gasteiger partial charge in [-0.1, -0.05) is 18.2 Å². The molecule has 1 rings (SSSR count). The third-order valence-electron chi connectivity index (χ3n) is 2.56. The van der Waals surface area contributed by atoms with Crippen LogP contribution in [0.1, 0.15) is 19.3 Å². The maximum atomic E-state index is 10.4. The molecule has 0 bridgehead atoms. The van der Waals surface area contributed by atoms with E-state index in [1.54, 1.807) is 0 Å². The summed E-state index contributed by atoms with van der Waals surface area (Å²) in [4.78, 5) is 12.5. The van der Waals surface area contributed by atoms with E-state index in [2.05, 4.69) is 4.90 Å². The van der Waals surface area contributed by atoms with Crippen molar-refractivity contribution >= 4 is 11.7 Å². The second kappa shape index (κ2) is 7.68. The first-order valence-corrected chi connectivity index (χ1v) is 5.86. The van der Waals surface area contributed by atoms with Crippen LogP contribution in [0.4, 0.5) is 5.69 Å². The number of aliphatic hydroxyl groups is 1. The van der Waals surface area contributed by atoms with E-state index in [0.717, 1.165) is 18.7 Å². The molecule has 0 atom stereocenters. The lowest BCUT2D eigenvalue weighted by molar-refractivity contribution is -0.137. The van der Waals surface area contributed by atoms with Gasteiger partial charge in [0.1, 0.15) is 0 Å². The van der Waals surface area contributed by atoms with Crippen molar-refractivity contribution in [3.05, 3.63) is 30.3 Å². The minimum absolute atomic E-state index is 0.105. The highest BCUT2D eigenvalue weighted by molar-refractivity contribution is 5.66. The fraction of sp³-hybridized carbons (Fsp3) is 0.462. The van der Waals surface area contributed by atoms with Crippen molar-refractivity contribution in [2.24, 2.45) is 0 Å². The molecule has 4 nitrogen and oxygen atoms in total. The summed E-state index contributed by atoms with van der Waals surface area (Å²) in [6.45, 7) is 1.46. The second-order valence-corrected chi connectivity index (χ2v) is 3.90. The van der Waals surface area contributed by atoms with Crippen molar-refractivity contribution in [2.75, 3.05) is 24.6 Å². The molecule has 0 aromatic heterocycles. The molecular formula is C13H19NO3. The predicted molar refractivity (Wildman–Crippen MR) is 67.2 cm³/mol. The number of carboxylic acid groups (broad SMARTS) is 1. The number of aliphatic carboxylic acids is 1. The van der Waals surface area contributed by atoms with E-state index in [9.17, 15) is 4.79 Å². The van der Waals surface area contributed by atoms with Crippen LogP contribution in [0.2, 0.25) is 0 Å². The number of unbranched alkanes of at least 4 members (excludes halogenated alkanes) is 1. The number of nitrogens with zero attached hydrogens (tertiary/aromatic N) is 1. The van der Waals surface area contributed by atoms with E-state index in [1.165, 1.54) is 0 Å². The molecular weight excluding hydrogens is 218 g/mol. The molecule has 0 fully saturated rings. The summed E-state index contributed by atoms with van der Waals surface area (Å²) in [5.41, 5.74) is 1.07. The van der Waals surface area contributed by atoms with Gasteiger partial charge in [-0.25, -0.2) is 0 Å². The summed E-state index contributed by atoms with van der Waals surface area (Å²) in [5, 5.41) is 17.6.